The Balaban J connectivity index is 2.17. The quantitative estimate of drug-likeness (QED) is 0.849. The van der Waals surface area contributed by atoms with Crippen molar-refractivity contribution in [2.45, 2.75) is 52.0 Å². The molecule has 3 nitrogen and oxygen atoms in total. The topological polar surface area (TPSA) is 37.8 Å². The molecule has 1 aliphatic rings. The van der Waals surface area contributed by atoms with Crippen LogP contribution in [-0.2, 0) is 12.8 Å². The Morgan fingerprint density at radius 3 is 2.72 bits per heavy atom. The van der Waals surface area contributed by atoms with Crippen molar-refractivity contribution in [2.24, 2.45) is 0 Å². The minimum Gasteiger partial charge on any atom is -0.365 e. The predicted molar refractivity (Wildman–Crippen MR) is 77.4 cm³/mol. The molecule has 0 spiro atoms. The lowest BCUT2D eigenvalue weighted by molar-refractivity contribution is 0.631. The number of aromatic nitrogens is 2. The molecule has 1 aliphatic carbocycles. The van der Waals surface area contributed by atoms with Crippen LogP contribution in [-0.4, -0.2) is 15.5 Å². The highest BCUT2D eigenvalue weighted by molar-refractivity contribution is 7.19. The monoisotopic (exact) mass is 261 g/mol. The van der Waals surface area contributed by atoms with E-state index in [1.54, 1.807) is 6.33 Å². The lowest BCUT2D eigenvalue weighted by Crippen LogP contribution is -2.26. The highest BCUT2D eigenvalue weighted by Crippen LogP contribution is 2.38. The molecule has 4 heteroatoms. The standard InChI is InChI=1S/C14H19N3S/c1-14(2,3)17-12-11-9-6-4-5-7-10(9)18-13(11)16-8-15-12/h8H,4-7H2,1-3H3,(H,15,16,17). The van der Waals surface area contributed by atoms with Gasteiger partial charge in [-0.1, -0.05) is 0 Å². The van der Waals surface area contributed by atoms with E-state index in [1.165, 1.54) is 41.5 Å². The summed E-state index contributed by atoms with van der Waals surface area (Å²) in [6.45, 7) is 6.50. The Labute approximate surface area is 112 Å². The smallest absolute Gasteiger partial charge is 0.138 e. The molecular weight excluding hydrogens is 242 g/mol. The molecular formula is C14H19N3S. The SMILES string of the molecule is CC(C)(C)Nc1ncnc2sc3c(c12)CCCC3. The number of hydrogen-bond acceptors (Lipinski definition) is 4. The second-order valence-corrected chi connectivity index (χ2v) is 7.07. The second-order valence-electron chi connectivity index (χ2n) is 5.99. The van der Waals surface area contributed by atoms with Crippen molar-refractivity contribution < 1.29 is 0 Å². The van der Waals surface area contributed by atoms with Crippen LogP contribution in [0.4, 0.5) is 5.82 Å². The number of rotatable bonds is 1. The van der Waals surface area contributed by atoms with Gasteiger partial charge >= 0.3 is 0 Å². The van der Waals surface area contributed by atoms with E-state index in [0.29, 0.717) is 0 Å². The maximum Gasteiger partial charge on any atom is 0.138 e. The van der Waals surface area contributed by atoms with Crippen LogP contribution >= 0.6 is 11.3 Å². The minimum atomic E-state index is 0.0325. The maximum atomic E-state index is 4.46. The molecule has 0 unspecified atom stereocenters. The van der Waals surface area contributed by atoms with Gasteiger partial charge in [0.2, 0.25) is 0 Å². The Morgan fingerprint density at radius 1 is 1.17 bits per heavy atom. The summed E-state index contributed by atoms with van der Waals surface area (Å²) in [5.74, 6) is 1.01. The van der Waals surface area contributed by atoms with Crippen molar-refractivity contribution in [1.29, 1.82) is 0 Å². The van der Waals surface area contributed by atoms with E-state index in [0.717, 1.165) is 10.6 Å². The molecule has 0 saturated heterocycles. The summed E-state index contributed by atoms with van der Waals surface area (Å²) in [5.41, 5.74) is 1.53. The molecule has 3 rings (SSSR count). The number of thiophene rings is 1. The molecule has 0 aromatic carbocycles. The third-order valence-corrected chi connectivity index (χ3v) is 4.44. The average molecular weight is 261 g/mol. The van der Waals surface area contributed by atoms with Crippen LogP contribution in [0.15, 0.2) is 6.33 Å². The third kappa shape index (κ3) is 2.09. The number of hydrogen-bond donors (Lipinski definition) is 1. The van der Waals surface area contributed by atoms with E-state index < -0.39 is 0 Å². The predicted octanol–water partition coefficient (Wildman–Crippen LogP) is 3.78. The van der Waals surface area contributed by atoms with Gasteiger partial charge in [-0.05, 0) is 52.0 Å². The van der Waals surface area contributed by atoms with Crippen LogP contribution in [0.25, 0.3) is 10.2 Å². The van der Waals surface area contributed by atoms with Crippen LogP contribution in [0.2, 0.25) is 0 Å². The lowest BCUT2D eigenvalue weighted by Gasteiger charge is -2.22. The van der Waals surface area contributed by atoms with Gasteiger partial charge in [-0.15, -0.1) is 11.3 Å². The Hall–Kier alpha value is -1.16. The van der Waals surface area contributed by atoms with Crippen LogP contribution < -0.4 is 5.32 Å². The van der Waals surface area contributed by atoms with Gasteiger partial charge in [0, 0.05) is 10.4 Å². The fourth-order valence-corrected chi connectivity index (χ4v) is 3.77. The second kappa shape index (κ2) is 4.19. The first-order valence-electron chi connectivity index (χ1n) is 6.58. The van der Waals surface area contributed by atoms with E-state index in [2.05, 4.69) is 36.1 Å². The average Bonchev–Trinajstić information content (AvgIpc) is 2.66. The van der Waals surface area contributed by atoms with Gasteiger partial charge in [0.1, 0.15) is 17.0 Å². The van der Waals surface area contributed by atoms with Crippen LogP contribution in [0, 0.1) is 0 Å². The lowest BCUT2D eigenvalue weighted by atomic mass is 9.96. The van der Waals surface area contributed by atoms with Crippen molar-refractivity contribution >= 4 is 27.4 Å². The number of nitrogens with one attached hydrogen (secondary N) is 1. The Kier molecular flexibility index (Phi) is 2.77. The van der Waals surface area contributed by atoms with Gasteiger partial charge in [-0.2, -0.15) is 0 Å². The molecule has 2 aromatic heterocycles. The van der Waals surface area contributed by atoms with Gasteiger partial charge in [0.05, 0.1) is 5.39 Å². The molecule has 18 heavy (non-hydrogen) atoms. The van der Waals surface area contributed by atoms with Crippen molar-refractivity contribution in [2.75, 3.05) is 5.32 Å². The molecule has 0 amide bonds. The molecule has 0 fully saturated rings. The zero-order chi connectivity index (χ0) is 12.8. The van der Waals surface area contributed by atoms with Crippen LogP contribution in [0.5, 0.6) is 0 Å². The first-order valence-corrected chi connectivity index (χ1v) is 7.40. The highest BCUT2D eigenvalue weighted by atomic mass is 32.1. The molecule has 0 bridgehead atoms. The van der Waals surface area contributed by atoms with Crippen molar-refractivity contribution in [3.8, 4) is 0 Å². The van der Waals surface area contributed by atoms with Crippen molar-refractivity contribution in [3.63, 3.8) is 0 Å². The number of fused-ring (bicyclic) bond motifs is 3. The minimum absolute atomic E-state index is 0.0325. The first-order chi connectivity index (χ1) is 8.54. The van der Waals surface area contributed by atoms with Gasteiger partial charge in [0.25, 0.3) is 0 Å². The number of anilines is 1. The summed E-state index contributed by atoms with van der Waals surface area (Å²) in [7, 11) is 0. The third-order valence-electron chi connectivity index (χ3n) is 3.24. The zero-order valence-corrected chi connectivity index (χ0v) is 12.0. The summed E-state index contributed by atoms with van der Waals surface area (Å²) < 4.78 is 0. The molecule has 0 atom stereocenters. The first kappa shape index (κ1) is 11.9. The molecule has 2 heterocycles. The molecule has 0 saturated carbocycles. The van der Waals surface area contributed by atoms with Gasteiger partial charge in [-0.3, -0.25) is 0 Å². The van der Waals surface area contributed by atoms with Crippen molar-refractivity contribution in [1.82, 2.24) is 9.97 Å². The Morgan fingerprint density at radius 2 is 1.94 bits per heavy atom. The normalized spacial score (nSPS) is 15.7. The highest BCUT2D eigenvalue weighted by Gasteiger charge is 2.21. The molecule has 2 aromatic rings. The van der Waals surface area contributed by atoms with Crippen LogP contribution in [0.3, 0.4) is 0 Å². The summed E-state index contributed by atoms with van der Waals surface area (Å²) in [4.78, 5) is 11.6. The fourth-order valence-electron chi connectivity index (χ4n) is 2.54. The van der Waals surface area contributed by atoms with E-state index in [1.807, 2.05) is 11.3 Å². The maximum absolute atomic E-state index is 4.46. The van der Waals surface area contributed by atoms with Crippen molar-refractivity contribution in [3.05, 3.63) is 16.8 Å². The van der Waals surface area contributed by atoms with Gasteiger partial charge in [0.15, 0.2) is 0 Å². The molecule has 0 aliphatic heterocycles. The number of aryl methyl sites for hydroxylation is 2. The summed E-state index contributed by atoms with van der Waals surface area (Å²) in [6, 6.07) is 0. The largest absolute Gasteiger partial charge is 0.365 e. The molecule has 0 radical (unpaired) electrons. The van der Waals surface area contributed by atoms with Gasteiger partial charge < -0.3 is 5.32 Å². The van der Waals surface area contributed by atoms with E-state index in [4.69, 9.17) is 0 Å². The fraction of sp³-hybridized carbons (Fsp3) is 0.571. The zero-order valence-electron chi connectivity index (χ0n) is 11.2. The van der Waals surface area contributed by atoms with Gasteiger partial charge in [-0.25, -0.2) is 9.97 Å². The molecule has 96 valence electrons. The summed E-state index contributed by atoms with van der Waals surface area (Å²) in [6.07, 6.45) is 6.68. The van der Waals surface area contributed by atoms with E-state index in [-0.39, 0.29) is 5.54 Å². The molecule has 1 N–H and O–H groups in total. The van der Waals surface area contributed by atoms with E-state index >= 15 is 0 Å². The summed E-state index contributed by atoms with van der Waals surface area (Å²) in [5, 5.41) is 4.79. The van der Waals surface area contributed by atoms with E-state index in [9.17, 15) is 0 Å². The van der Waals surface area contributed by atoms with Crippen LogP contribution in [0.1, 0.15) is 44.1 Å². The number of nitrogens with zero attached hydrogens (tertiary/aromatic N) is 2. The summed E-state index contributed by atoms with van der Waals surface area (Å²) >= 11 is 1.85. The Bertz CT molecular complexity index is 580.